The maximum Gasteiger partial charge on any atom is 0.256 e. The first kappa shape index (κ1) is 22.9. The molecule has 172 valence electrons. The molecule has 0 aliphatic rings. The van der Waals surface area contributed by atoms with Crippen LogP contribution in [0.4, 0.5) is 14.5 Å². The number of amides is 1. The fourth-order valence-electron chi connectivity index (χ4n) is 3.12. The third-order valence-corrected chi connectivity index (χ3v) is 5.66. The van der Waals surface area contributed by atoms with Crippen LogP contribution in [0.3, 0.4) is 0 Å². The lowest BCUT2D eigenvalue weighted by atomic mass is 10.1. The summed E-state index contributed by atoms with van der Waals surface area (Å²) in [5.74, 6) is 0.584. The Morgan fingerprint density at radius 1 is 1.00 bits per heavy atom. The zero-order valence-electron chi connectivity index (χ0n) is 18.4. The summed E-state index contributed by atoms with van der Waals surface area (Å²) in [4.78, 5) is 17.3. The van der Waals surface area contributed by atoms with Gasteiger partial charge >= 0.3 is 0 Å². The van der Waals surface area contributed by atoms with E-state index in [0.717, 1.165) is 5.56 Å². The van der Waals surface area contributed by atoms with Gasteiger partial charge in [-0.25, -0.2) is 9.37 Å². The maximum absolute atomic E-state index is 13.4. The minimum Gasteiger partial charge on any atom is -0.493 e. The second-order valence-corrected chi connectivity index (χ2v) is 8.01. The average molecular weight is 477 g/mol. The molecule has 7 nitrogen and oxygen atoms in total. The smallest absolute Gasteiger partial charge is 0.256 e. The number of hydrazone groups is 1. The average Bonchev–Trinajstić information content (AvgIpc) is 3.27. The summed E-state index contributed by atoms with van der Waals surface area (Å²) in [7, 11) is 3.14. The summed E-state index contributed by atoms with van der Waals surface area (Å²) in [5, 5.41) is 8.12. The number of nitrogens with one attached hydrogen (secondary N) is 2. The molecular formula is C25H21FN4O3S. The molecule has 0 spiro atoms. The molecule has 1 aromatic heterocycles. The summed E-state index contributed by atoms with van der Waals surface area (Å²) in [6.45, 7) is 0. The molecule has 1 heterocycles. The van der Waals surface area contributed by atoms with Crippen LogP contribution in [0, 0.1) is 5.82 Å². The number of anilines is 2. The van der Waals surface area contributed by atoms with Gasteiger partial charge in [0.05, 0.1) is 20.4 Å². The summed E-state index contributed by atoms with van der Waals surface area (Å²) in [6, 6.07) is 20.2. The number of carbonyl (C=O) groups is 1. The summed E-state index contributed by atoms with van der Waals surface area (Å²) in [6.07, 6.45) is 1.61. The minimum absolute atomic E-state index is 0.270. The molecule has 34 heavy (non-hydrogen) atoms. The second kappa shape index (κ2) is 10.6. The highest BCUT2D eigenvalue weighted by Gasteiger charge is 2.16. The number of aromatic nitrogens is 1. The van der Waals surface area contributed by atoms with E-state index < -0.39 is 0 Å². The van der Waals surface area contributed by atoms with Gasteiger partial charge in [0.1, 0.15) is 16.5 Å². The van der Waals surface area contributed by atoms with E-state index in [0.29, 0.717) is 38.5 Å². The van der Waals surface area contributed by atoms with Gasteiger partial charge in [-0.15, -0.1) is 0 Å². The van der Waals surface area contributed by atoms with Gasteiger partial charge < -0.3 is 14.8 Å². The van der Waals surface area contributed by atoms with Crippen LogP contribution in [-0.2, 0) is 0 Å². The van der Waals surface area contributed by atoms with E-state index in [1.54, 1.807) is 69.0 Å². The van der Waals surface area contributed by atoms with Crippen molar-refractivity contribution in [1.82, 2.24) is 4.98 Å². The molecule has 2 N–H and O–H groups in total. The van der Waals surface area contributed by atoms with Crippen LogP contribution in [0.2, 0.25) is 0 Å². The van der Waals surface area contributed by atoms with Crippen LogP contribution in [0.5, 0.6) is 11.5 Å². The minimum atomic E-state index is -0.355. The van der Waals surface area contributed by atoms with Gasteiger partial charge in [-0.2, -0.15) is 5.10 Å². The number of carbonyl (C=O) groups excluding carboxylic acids is 1. The highest BCUT2D eigenvalue weighted by atomic mass is 32.1. The van der Waals surface area contributed by atoms with Crippen LogP contribution < -0.4 is 20.2 Å². The predicted molar refractivity (Wildman–Crippen MR) is 133 cm³/mol. The first-order valence-corrected chi connectivity index (χ1v) is 11.0. The van der Waals surface area contributed by atoms with Crippen molar-refractivity contribution in [2.24, 2.45) is 5.10 Å². The molecule has 4 rings (SSSR count). The van der Waals surface area contributed by atoms with E-state index in [4.69, 9.17) is 9.47 Å². The molecule has 0 radical (unpaired) electrons. The number of benzene rings is 3. The third kappa shape index (κ3) is 5.38. The molecular weight excluding hydrogens is 455 g/mol. The van der Waals surface area contributed by atoms with Crippen molar-refractivity contribution >= 4 is 33.6 Å². The molecule has 0 atom stereocenters. The number of thiazole rings is 1. The van der Waals surface area contributed by atoms with Gasteiger partial charge in [-0.05, 0) is 60.2 Å². The highest BCUT2D eigenvalue weighted by Crippen LogP contribution is 2.36. The van der Waals surface area contributed by atoms with E-state index >= 15 is 0 Å². The van der Waals surface area contributed by atoms with E-state index in [1.165, 1.54) is 23.5 Å². The Kier molecular flexibility index (Phi) is 7.14. The molecule has 0 aliphatic heterocycles. The van der Waals surface area contributed by atoms with Crippen molar-refractivity contribution in [2.75, 3.05) is 25.0 Å². The fourth-order valence-corrected chi connectivity index (χ4v) is 3.95. The molecule has 4 aromatic rings. The lowest BCUT2D eigenvalue weighted by molar-refractivity contribution is 0.102. The van der Waals surface area contributed by atoms with Crippen LogP contribution in [0.15, 0.2) is 77.9 Å². The molecule has 0 fully saturated rings. The first-order valence-electron chi connectivity index (χ1n) is 10.2. The number of nitrogens with zero attached hydrogens (tertiary/aromatic N) is 2. The van der Waals surface area contributed by atoms with Crippen molar-refractivity contribution in [3.8, 4) is 22.8 Å². The summed E-state index contributed by atoms with van der Waals surface area (Å²) >= 11 is 1.22. The van der Waals surface area contributed by atoms with Gasteiger partial charge in [0.15, 0.2) is 11.5 Å². The second-order valence-electron chi connectivity index (χ2n) is 7.01. The van der Waals surface area contributed by atoms with Gasteiger partial charge in [0.2, 0.25) is 5.13 Å². The lowest BCUT2D eigenvalue weighted by Gasteiger charge is -2.07. The monoisotopic (exact) mass is 476 g/mol. The largest absolute Gasteiger partial charge is 0.493 e. The molecule has 0 aliphatic carbocycles. The van der Waals surface area contributed by atoms with E-state index in [9.17, 15) is 9.18 Å². The van der Waals surface area contributed by atoms with Crippen molar-refractivity contribution in [3.05, 3.63) is 89.7 Å². The van der Waals surface area contributed by atoms with Crippen LogP contribution in [0.1, 0.15) is 15.9 Å². The molecule has 3 aromatic carbocycles. The van der Waals surface area contributed by atoms with Crippen LogP contribution in [0.25, 0.3) is 11.3 Å². The fraction of sp³-hybridized carbons (Fsp3) is 0.0800. The van der Waals surface area contributed by atoms with Crippen molar-refractivity contribution in [3.63, 3.8) is 0 Å². The Morgan fingerprint density at radius 3 is 2.44 bits per heavy atom. The van der Waals surface area contributed by atoms with Crippen LogP contribution in [-0.4, -0.2) is 31.3 Å². The molecule has 9 heteroatoms. The number of hydrogen-bond acceptors (Lipinski definition) is 7. The highest BCUT2D eigenvalue weighted by molar-refractivity contribution is 7.20. The molecule has 0 bridgehead atoms. The normalized spacial score (nSPS) is 10.8. The number of halogens is 1. The van der Waals surface area contributed by atoms with Crippen LogP contribution >= 0.6 is 11.3 Å². The number of rotatable bonds is 8. The predicted octanol–water partition coefficient (Wildman–Crippen LogP) is 5.66. The van der Waals surface area contributed by atoms with Crippen molar-refractivity contribution < 1.29 is 18.7 Å². The zero-order chi connectivity index (χ0) is 23.9. The van der Waals surface area contributed by atoms with Gasteiger partial charge in [-0.1, -0.05) is 29.5 Å². The number of methoxy groups -OCH3 is 2. The topological polar surface area (TPSA) is 84.8 Å². The number of ether oxygens (including phenoxy) is 2. The molecule has 0 unspecified atom stereocenters. The Labute approximate surface area is 199 Å². The third-order valence-electron chi connectivity index (χ3n) is 4.79. The van der Waals surface area contributed by atoms with E-state index in [2.05, 4.69) is 20.8 Å². The Hall–Kier alpha value is -4.24. The quantitative estimate of drug-likeness (QED) is 0.253. The Bertz CT molecular complexity index is 1310. The zero-order valence-corrected chi connectivity index (χ0v) is 19.2. The Morgan fingerprint density at radius 2 is 1.74 bits per heavy atom. The molecule has 0 saturated heterocycles. The summed E-state index contributed by atoms with van der Waals surface area (Å²) < 4.78 is 24.0. The van der Waals surface area contributed by atoms with Gasteiger partial charge in [0, 0.05) is 11.1 Å². The number of hydrogen-bond donors (Lipinski definition) is 2. The van der Waals surface area contributed by atoms with Gasteiger partial charge in [0.25, 0.3) is 5.91 Å². The first-order chi connectivity index (χ1) is 16.6. The lowest BCUT2D eigenvalue weighted by Crippen LogP contribution is -2.11. The van der Waals surface area contributed by atoms with E-state index in [-0.39, 0.29) is 11.7 Å². The Balaban J connectivity index is 1.58. The van der Waals surface area contributed by atoms with E-state index in [1.807, 2.05) is 12.1 Å². The van der Waals surface area contributed by atoms with Crippen molar-refractivity contribution in [2.45, 2.75) is 0 Å². The SMILES string of the molecule is COc1ccc(C=NNc2nc(-c3ccc(F)cc3)c(NC(=O)c3ccccc3)s2)cc1OC. The van der Waals surface area contributed by atoms with Crippen molar-refractivity contribution in [1.29, 1.82) is 0 Å². The van der Waals surface area contributed by atoms with Gasteiger partial charge in [-0.3, -0.25) is 10.2 Å². The maximum atomic E-state index is 13.4. The standard InChI is InChI=1S/C25H21FN4O3S/c1-32-20-13-8-16(14-21(20)33-2)15-27-30-25-28-22(17-9-11-19(26)12-10-17)24(34-25)29-23(31)18-6-4-3-5-7-18/h3-15H,1-2H3,(H,28,30)(H,29,31). The molecule has 0 saturated carbocycles. The molecule has 1 amide bonds. The summed E-state index contributed by atoms with van der Waals surface area (Å²) in [5.41, 5.74) is 5.38.